The monoisotopic (exact) mass is 236 g/mol. The Kier molecular flexibility index (Phi) is 2.21. The van der Waals surface area contributed by atoms with Gasteiger partial charge in [-0.25, -0.2) is 0 Å². The van der Waals surface area contributed by atoms with Crippen LogP contribution in [0.4, 0.5) is 0 Å². The van der Waals surface area contributed by atoms with Gasteiger partial charge in [-0.1, -0.05) is 34.8 Å². The summed E-state index contributed by atoms with van der Waals surface area (Å²) in [4.78, 5) is 0. The maximum absolute atomic E-state index is 5.96. The normalized spacial score (nSPS) is 10.9. The largest absolute Gasteiger partial charge is 0.142 e. The van der Waals surface area contributed by atoms with Gasteiger partial charge in [0, 0.05) is 5.39 Å². The molecular weight excluding hydrogens is 235 g/mol. The molecule has 0 aliphatic carbocycles. The first kappa shape index (κ1) is 8.64. The van der Waals surface area contributed by atoms with Crippen molar-refractivity contribution >= 4 is 56.2 Å². The van der Waals surface area contributed by atoms with Gasteiger partial charge < -0.3 is 0 Å². The Morgan fingerprint density at radius 2 is 1.83 bits per heavy atom. The predicted octanol–water partition coefficient (Wildman–Crippen LogP) is 4.86. The number of rotatable bonds is 0. The number of halogens is 3. The number of benzene rings is 1. The van der Waals surface area contributed by atoms with Gasteiger partial charge >= 0.3 is 0 Å². The Hall–Kier alpha value is 0.0500. The molecule has 0 amide bonds. The molecule has 0 saturated carbocycles. The first-order valence-electron chi connectivity index (χ1n) is 3.21. The third-order valence-corrected chi connectivity index (χ3v) is 3.74. The first-order valence-corrected chi connectivity index (χ1v) is 5.22. The molecule has 0 radical (unpaired) electrons. The van der Waals surface area contributed by atoms with E-state index in [1.54, 1.807) is 17.4 Å². The van der Waals surface area contributed by atoms with Crippen LogP contribution in [0.25, 0.3) is 10.1 Å². The zero-order chi connectivity index (χ0) is 8.72. The highest BCUT2D eigenvalue weighted by atomic mass is 35.5. The van der Waals surface area contributed by atoms with Crippen LogP contribution in [0.15, 0.2) is 17.5 Å². The number of hydrogen-bond donors (Lipinski definition) is 0. The molecular formula is C8H3Cl3S. The molecule has 1 aromatic carbocycles. The van der Waals surface area contributed by atoms with Crippen LogP contribution in [0, 0.1) is 0 Å². The minimum atomic E-state index is 0.507. The van der Waals surface area contributed by atoms with Gasteiger partial charge in [0.1, 0.15) is 0 Å². The van der Waals surface area contributed by atoms with E-state index in [-0.39, 0.29) is 0 Å². The molecule has 0 atom stereocenters. The summed E-state index contributed by atoms with van der Waals surface area (Å²) < 4.78 is 0.992. The summed E-state index contributed by atoms with van der Waals surface area (Å²) in [5.74, 6) is 0. The topological polar surface area (TPSA) is 0 Å². The number of thiophene rings is 1. The molecule has 62 valence electrons. The van der Waals surface area contributed by atoms with Crippen molar-refractivity contribution in [1.82, 2.24) is 0 Å². The van der Waals surface area contributed by atoms with Crippen LogP contribution < -0.4 is 0 Å². The average Bonchev–Trinajstić information content (AvgIpc) is 2.48. The highest BCUT2D eigenvalue weighted by Gasteiger charge is 2.08. The molecule has 0 N–H and O–H groups in total. The van der Waals surface area contributed by atoms with Crippen LogP contribution >= 0.6 is 46.1 Å². The molecule has 0 fully saturated rings. The third kappa shape index (κ3) is 1.21. The molecule has 0 aliphatic rings. The van der Waals surface area contributed by atoms with Gasteiger partial charge in [-0.3, -0.25) is 0 Å². The van der Waals surface area contributed by atoms with E-state index in [4.69, 9.17) is 34.8 Å². The lowest BCUT2D eigenvalue weighted by molar-refractivity contribution is 1.84. The summed E-state index contributed by atoms with van der Waals surface area (Å²) in [6.45, 7) is 0. The lowest BCUT2D eigenvalue weighted by Gasteiger charge is -1.98. The van der Waals surface area contributed by atoms with Gasteiger partial charge in [0.25, 0.3) is 0 Å². The molecule has 0 unspecified atom stereocenters. The summed E-state index contributed by atoms with van der Waals surface area (Å²) in [5, 5.41) is 4.62. The van der Waals surface area contributed by atoms with Crippen LogP contribution in [0.2, 0.25) is 15.1 Å². The summed E-state index contributed by atoms with van der Waals surface area (Å²) in [6, 6.07) is 3.59. The summed E-state index contributed by atoms with van der Waals surface area (Å²) >= 11 is 19.3. The van der Waals surface area contributed by atoms with E-state index in [2.05, 4.69) is 0 Å². The maximum Gasteiger partial charge on any atom is 0.0680 e. The Labute approximate surface area is 88.7 Å². The van der Waals surface area contributed by atoms with Gasteiger partial charge in [0.2, 0.25) is 0 Å². The van der Waals surface area contributed by atoms with Crippen molar-refractivity contribution in [2.75, 3.05) is 0 Å². The van der Waals surface area contributed by atoms with E-state index >= 15 is 0 Å². The fraction of sp³-hybridized carbons (Fsp3) is 0. The average molecular weight is 238 g/mol. The fourth-order valence-corrected chi connectivity index (χ4v) is 2.72. The molecule has 0 aliphatic heterocycles. The van der Waals surface area contributed by atoms with Gasteiger partial charge in [0.15, 0.2) is 0 Å². The number of hydrogen-bond acceptors (Lipinski definition) is 1. The highest BCUT2D eigenvalue weighted by molar-refractivity contribution is 7.18. The Morgan fingerprint density at radius 3 is 2.58 bits per heavy atom. The second-order valence-corrected chi connectivity index (χ2v) is 4.43. The van der Waals surface area contributed by atoms with E-state index in [0.29, 0.717) is 15.1 Å². The molecule has 1 aromatic heterocycles. The third-order valence-electron chi connectivity index (χ3n) is 1.58. The molecule has 4 heteroatoms. The van der Waals surface area contributed by atoms with Crippen molar-refractivity contribution in [3.05, 3.63) is 32.6 Å². The van der Waals surface area contributed by atoms with Crippen LogP contribution in [0.5, 0.6) is 0 Å². The number of fused-ring (bicyclic) bond motifs is 1. The minimum absolute atomic E-state index is 0.507. The van der Waals surface area contributed by atoms with Gasteiger partial charge in [-0.05, 0) is 17.5 Å². The van der Waals surface area contributed by atoms with Gasteiger partial charge in [-0.2, -0.15) is 0 Å². The van der Waals surface area contributed by atoms with E-state index in [0.717, 1.165) is 10.1 Å². The zero-order valence-corrected chi connectivity index (χ0v) is 8.86. The Bertz CT molecular complexity index is 433. The van der Waals surface area contributed by atoms with Crippen LogP contribution in [0.1, 0.15) is 0 Å². The van der Waals surface area contributed by atoms with E-state index in [1.165, 1.54) is 0 Å². The summed E-state index contributed by atoms with van der Waals surface area (Å²) in [5.41, 5.74) is 0. The van der Waals surface area contributed by atoms with Crippen LogP contribution in [-0.4, -0.2) is 0 Å². The van der Waals surface area contributed by atoms with Crippen LogP contribution in [0.3, 0.4) is 0 Å². The van der Waals surface area contributed by atoms with Crippen LogP contribution in [-0.2, 0) is 0 Å². The minimum Gasteiger partial charge on any atom is -0.142 e. The molecule has 2 rings (SSSR count). The summed E-state index contributed by atoms with van der Waals surface area (Å²) in [6.07, 6.45) is 0. The maximum atomic E-state index is 5.96. The quantitative estimate of drug-likeness (QED) is 0.574. The van der Waals surface area contributed by atoms with E-state index in [9.17, 15) is 0 Å². The Morgan fingerprint density at radius 1 is 1.08 bits per heavy atom. The molecule has 12 heavy (non-hydrogen) atoms. The van der Waals surface area contributed by atoms with Gasteiger partial charge in [0.05, 0.1) is 19.8 Å². The molecule has 0 nitrogen and oxygen atoms in total. The first-order chi connectivity index (χ1) is 5.70. The second kappa shape index (κ2) is 3.08. The van der Waals surface area contributed by atoms with E-state index in [1.807, 2.05) is 11.4 Å². The zero-order valence-electron chi connectivity index (χ0n) is 5.77. The molecule has 0 bridgehead atoms. The molecule has 2 aromatic rings. The fourth-order valence-electron chi connectivity index (χ4n) is 1.04. The molecule has 1 heterocycles. The standard InChI is InChI=1S/C8H3Cl3S/c9-5-3-6(10)8-4(7(5)11)1-2-12-8/h1-3H. The van der Waals surface area contributed by atoms with E-state index < -0.39 is 0 Å². The van der Waals surface area contributed by atoms with Crippen molar-refractivity contribution in [2.24, 2.45) is 0 Å². The smallest absolute Gasteiger partial charge is 0.0680 e. The van der Waals surface area contributed by atoms with Gasteiger partial charge in [-0.15, -0.1) is 11.3 Å². The molecule has 0 spiro atoms. The van der Waals surface area contributed by atoms with Crippen molar-refractivity contribution < 1.29 is 0 Å². The lowest BCUT2D eigenvalue weighted by Crippen LogP contribution is -1.71. The lowest BCUT2D eigenvalue weighted by atomic mass is 10.3. The van der Waals surface area contributed by atoms with Crippen molar-refractivity contribution in [3.8, 4) is 0 Å². The highest BCUT2D eigenvalue weighted by Crippen LogP contribution is 2.38. The van der Waals surface area contributed by atoms with Crippen molar-refractivity contribution in [1.29, 1.82) is 0 Å². The Balaban J connectivity index is 2.97. The van der Waals surface area contributed by atoms with Crippen molar-refractivity contribution in [3.63, 3.8) is 0 Å². The molecule has 0 saturated heterocycles. The summed E-state index contributed by atoms with van der Waals surface area (Å²) in [7, 11) is 0. The SMILES string of the molecule is Clc1cc(Cl)c2sccc2c1Cl. The predicted molar refractivity (Wildman–Crippen MR) is 56.9 cm³/mol. The second-order valence-electron chi connectivity index (χ2n) is 2.32. The van der Waals surface area contributed by atoms with Crippen molar-refractivity contribution in [2.45, 2.75) is 0 Å².